The van der Waals surface area contributed by atoms with Crippen LogP contribution in [0.5, 0.6) is 0 Å². The first-order chi connectivity index (χ1) is 12.8. The number of amides is 1. The van der Waals surface area contributed by atoms with E-state index >= 15 is 0 Å². The monoisotopic (exact) mass is 378 g/mol. The average Bonchev–Trinajstić information content (AvgIpc) is 2.62. The van der Waals surface area contributed by atoms with Crippen LogP contribution in [0.15, 0.2) is 16.9 Å². The van der Waals surface area contributed by atoms with Crippen LogP contribution in [0.2, 0.25) is 0 Å². The Labute approximate surface area is 159 Å². The molecule has 0 aromatic carbocycles. The molecule has 150 valence electrons. The van der Waals surface area contributed by atoms with Crippen LogP contribution in [0.25, 0.3) is 0 Å². The van der Waals surface area contributed by atoms with Crippen LogP contribution in [0, 0.1) is 11.8 Å². The Bertz CT molecular complexity index is 708. The molecule has 1 saturated heterocycles. The number of anilines is 1. The van der Waals surface area contributed by atoms with E-state index in [0.717, 1.165) is 30.6 Å². The number of carbonyl (C=O) groups excluding carboxylic acids is 2. The lowest BCUT2D eigenvalue weighted by atomic mass is 9.99. The molecule has 0 radical (unpaired) electrons. The van der Waals surface area contributed by atoms with E-state index in [-0.39, 0.29) is 18.0 Å². The molecule has 2 rings (SSSR count). The first-order valence-corrected chi connectivity index (χ1v) is 9.50. The number of hydrogen-bond acceptors (Lipinski definition) is 6. The predicted octanol–water partition coefficient (Wildman–Crippen LogP) is 1.18. The molecule has 1 fully saturated rings. The molecule has 1 amide bonds. The van der Waals surface area contributed by atoms with Crippen LogP contribution >= 0.6 is 0 Å². The number of hydrogen-bond donors (Lipinski definition) is 1. The molecule has 1 aromatic heterocycles. The summed E-state index contributed by atoms with van der Waals surface area (Å²) in [5, 5.41) is 7.00. The number of methoxy groups -OCH3 is 1. The SMILES string of the molecule is COC(=O)[C@@H](CC(C)C)NC(=O)Cn1nc(N2CCC(C)CC2)ccc1=O. The fourth-order valence-electron chi connectivity index (χ4n) is 3.16. The maximum Gasteiger partial charge on any atom is 0.328 e. The fraction of sp³-hybridized carbons (Fsp3) is 0.684. The lowest BCUT2D eigenvalue weighted by molar-refractivity contribution is -0.145. The van der Waals surface area contributed by atoms with Gasteiger partial charge in [-0.2, -0.15) is 5.10 Å². The van der Waals surface area contributed by atoms with Gasteiger partial charge in [0.05, 0.1) is 7.11 Å². The van der Waals surface area contributed by atoms with Gasteiger partial charge >= 0.3 is 5.97 Å². The lowest BCUT2D eigenvalue weighted by Crippen LogP contribution is -2.45. The Kier molecular flexibility index (Phi) is 7.38. The molecule has 8 nitrogen and oxygen atoms in total. The van der Waals surface area contributed by atoms with Crippen molar-refractivity contribution in [3.63, 3.8) is 0 Å². The zero-order chi connectivity index (χ0) is 20.0. The molecule has 27 heavy (non-hydrogen) atoms. The van der Waals surface area contributed by atoms with Crippen molar-refractivity contribution < 1.29 is 14.3 Å². The third-order valence-electron chi connectivity index (χ3n) is 4.78. The molecule has 1 atom stereocenters. The van der Waals surface area contributed by atoms with Gasteiger partial charge in [0, 0.05) is 19.2 Å². The van der Waals surface area contributed by atoms with Crippen molar-refractivity contribution in [2.45, 2.75) is 52.6 Å². The molecule has 0 aliphatic carbocycles. The van der Waals surface area contributed by atoms with Gasteiger partial charge in [0.1, 0.15) is 18.4 Å². The summed E-state index contributed by atoms with van der Waals surface area (Å²) in [4.78, 5) is 38.5. The summed E-state index contributed by atoms with van der Waals surface area (Å²) in [7, 11) is 1.29. The predicted molar refractivity (Wildman–Crippen MR) is 103 cm³/mol. The standard InChI is InChI=1S/C19H30N4O4/c1-13(2)11-15(19(26)27-4)20-17(24)12-23-18(25)6-5-16(21-23)22-9-7-14(3)8-10-22/h5-6,13-15H,7-12H2,1-4H3,(H,20,24)/t15-/m1/s1. The maximum atomic E-state index is 12.4. The molecule has 1 aliphatic rings. The van der Waals surface area contributed by atoms with E-state index in [2.05, 4.69) is 22.2 Å². The highest BCUT2D eigenvalue weighted by Gasteiger charge is 2.23. The van der Waals surface area contributed by atoms with Gasteiger partial charge in [-0.1, -0.05) is 20.8 Å². The van der Waals surface area contributed by atoms with Crippen molar-refractivity contribution in [2.75, 3.05) is 25.1 Å². The van der Waals surface area contributed by atoms with Gasteiger partial charge in [0.25, 0.3) is 5.56 Å². The minimum atomic E-state index is -0.732. The summed E-state index contributed by atoms with van der Waals surface area (Å²) in [5.74, 6) is 0.661. The summed E-state index contributed by atoms with van der Waals surface area (Å²) in [6, 6.07) is 2.40. The van der Waals surface area contributed by atoms with E-state index in [9.17, 15) is 14.4 Å². The summed E-state index contributed by atoms with van der Waals surface area (Å²) in [6.45, 7) is 7.68. The number of nitrogens with one attached hydrogen (secondary N) is 1. The number of aromatic nitrogens is 2. The largest absolute Gasteiger partial charge is 0.467 e. The Morgan fingerprint density at radius 3 is 2.56 bits per heavy atom. The average molecular weight is 378 g/mol. The van der Waals surface area contributed by atoms with E-state index in [4.69, 9.17) is 4.74 Å². The van der Waals surface area contributed by atoms with Gasteiger partial charge < -0.3 is 15.0 Å². The van der Waals surface area contributed by atoms with Crippen LogP contribution in [0.3, 0.4) is 0 Å². The summed E-state index contributed by atoms with van der Waals surface area (Å²) < 4.78 is 5.90. The molecule has 0 unspecified atom stereocenters. The number of nitrogens with zero attached hydrogens (tertiary/aromatic N) is 3. The molecule has 0 spiro atoms. The van der Waals surface area contributed by atoms with Crippen LogP contribution in [-0.4, -0.2) is 47.9 Å². The highest BCUT2D eigenvalue weighted by molar-refractivity contribution is 5.84. The Hall–Kier alpha value is -2.38. The van der Waals surface area contributed by atoms with Gasteiger partial charge in [-0.25, -0.2) is 9.48 Å². The fourth-order valence-corrected chi connectivity index (χ4v) is 3.16. The maximum absolute atomic E-state index is 12.4. The van der Waals surface area contributed by atoms with E-state index < -0.39 is 17.9 Å². The first-order valence-electron chi connectivity index (χ1n) is 9.50. The second-order valence-corrected chi connectivity index (χ2v) is 7.63. The number of carbonyl (C=O) groups is 2. The highest BCUT2D eigenvalue weighted by Crippen LogP contribution is 2.20. The van der Waals surface area contributed by atoms with Crippen LogP contribution in [0.1, 0.15) is 40.0 Å². The quantitative estimate of drug-likeness (QED) is 0.716. The molecule has 1 aromatic rings. The zero-order valence-corrected chi connectivity index (χ0v) is 16.6. The topological polar surface area (TPSA) is 93.5 Å². The van der Waals surface area contributed by atoms with Gasteiger partial charge in [0.2, 0.25) is 5.91 Å². The van der Waals surface area contributed by atoms with Crippen LogP contribution < -0.4 is 15.8 Å². The van der Waals surface area contributed by atoms with Crippen molar-refractivity contribution in [1.82, 2.24) is 15.1 Å². The summed E-state index contributed by atoms with van der Waals surface area (Å²) in [6.07, 6.45) is 2.63. The van der Waals surface area contributed by atoms with E-state index in [1.54, 1.807) is 6.07 Å². The van der Waals surface area contributed by atoms with Gasteiger partial charge in [0.15, 0.2) is 0 Å². The van der Waals surface area contributed by atoms with Crippen molar-refractivity contribution in [2.24, 2.45) is 11.8 Å². The Balaban J connectivity index is 2.06. The third kappa shape index (κ3) is 6.08. The highest BCUT2D eigenvalue weighted by atomic mass is 16.5. The summed E-state index contributed by atoms with van der Waals surface area (Å²) >= 11 is 0. The zero-order valence-electron chi connectivity index (χ0n) is 16.6. The van der Waals surface area contributed by atoms with Crippen LogP contribution in [0.4, 0.5) is 5.82 Å². The van der Waals surface area contributed by atoms with Gasteiger partial charge in [-0.05, 0) is 37.2 Å². The van der Waals surface area contributed by atoms with Crippen molar-refractivity contribution in [3.05, 3.63) is 22.5 Å². The number of rotatable bonds is 7. The van der Waals surface area contributed by atoms with Crippen LogP contribution in [-0.2, 0) is 20.9 Å². The molecular weight excluding hydrogens is 348 g/mol. The number of esters is 1. The van der Waals surface area contributed by atoms with E-state index in [1.807, 2.05) is 13.8 Å². The number of ether oxygens (including phenoxy) is 1. The molecule has 2 heterocycles. The van der Waals surface area contributed by atoms with E-state index in [1.165, 1.54) is 13.2 Å². The second-order valence-electron chi connectivity index (χ2n) is 7.63. The van der Waals surface area contributed by atoms with E-state index in [0.29, 0.717) is 18.2 Å². The third-order valence-corrected chi connectivity index (χ3v) is 4.78. The molecule has 0 bridgehead atoms. The molecule has 8 heteroatoms. The molecular formula is C19H30N4O4. The Morgan fingerprint density at radius 1 is 1.30 bits per heavy atom. The van der Waals surface area contributed by atoms with Crippen molar-refractivity contribution in [3.8, 4) is 0 Å². The molecule has 0 saturated carbocycles. The minimum absolute atomic E-state index is 0.208. The van der Waals surface area contributed by atoms with Gasteiger partial charge in [-0.3, -0.25) is 9.59 Å². The smallest absolute Gasteiger partial charge is 0.328 e. The summed E-state index contributed by atoms with van der Waals surface area (Å²) in [5.41, 5.74) is -0.349. The minimum Gasteiger partial charge on any atom is -0.467 e. The normalized spacial score (nSPS) is 16.3. The number of piperidine rings is 1. The van der Waals surface area contributed by atoms with Gasteiger partial charge in [-0.15, -0.1) is 0 Å². The first kappa shape index (κ1) is 20.9. The second kappa shape index (κ2) is 9.53. The Morgan fingerprint density at radius 2 is 1.96 bits per heavy atom. The van der Waals surface area contributed by atoms with Crippen molar-refractivity contribution in [1.29, 1.82) is 0 Å². The lowest BCUT2D eigenvalue weighted by Gasteiger charge is -2.31. The molecule has 1 N–H and O–H groups in total. The molecule has 1 aliphatic heterocycles. The van der Waals surface area contributed by atoms with Crippen molar-refractivity contribution >= 4 is 17.7 Å².